The molecule has 2 aliphatic rings. The number of carbonyl (C=O) groups is 1. The van der Waals surface area contributed by atoms with E-state index in [0.29, 0.717) is 23.1 Å². The lowest BCUT2D eigenvalue weighted by Crippen LogP contribution is -2.36. The number of hydrogen-bond acceptors (Lipinski definition) is 6. The molecule has 8 heteroatoms. The van der Waals surface area contributed by atoms with E-state index >= 15 is 0 Å². The molecule has 2 aromatic carbocycles. The Labute approximate surface area is 177 Å². The molecule has 3 aromatic rings. The van der Waals surface area contributed by atoms with E-state index in [1.807, 2.05) is 13.0 Å². The first-order valence-electron chi connectivity index (χ1n) is 10.2. The van der Waals surface area contributed by atoms with Crippen molar-refractivity contribution < 1.29 is 18.9 Å². The van der Waals surface area contributed by atoms with Gasteiger partial charge in [-0.05, 0) is 37.5 Å². The van der Waals surface area contributed by atoms with Gasteiger partial charge in [0, 0.05) is 25.3 Å². The lowest BCUT2D eigenvalue weighted by molar-refractivity contribution is -0.384. The number of amides is 1. The quantitative estimate of drug-likeness (QED) is 0.471. The van der Waals surface area contributed by atoms with Gasteiger partial charge in [0.2, 0.25) is 5.76 Å². The van der Waals surface area contributed by atoms with Crippen LogP contribution in [-0.2, 0) is 4.74 Å². The fourth-order valence-electron chi connectivity index (χ4n) is 4.49. The monoisotopic (exact) mass is 420 g/mol. The Morgan fingerprint density at radius 1 is 1.19 bits per heavy atom. The molecule has 31 heavy (non-hydrogen) atoms. The number of aryl methyl sites for hydroxylation is 1. The number of nitro groups is 1. The van der Waals surface area contributed by atoms with E-state index < -0.39 is 16.9 Å². The van der Waals surface area contributed by atoms with Gasteiger partial charge in [-0.1, -0.05) is 23.8 Å². The molecule has 1 aromatic heterocycles. The van der Waals surface area contributed by atoms with Gasteiger partial charge in [0.25, 0.3) is 11.6 Å². The number of hydrogen-bond donors (Lipinski definition) is 0. The van der Waals surface area contributed by atoms with Gasteiger partial charge in [-0.3, -0.25) is 19.7 Å². The fourth-order valence-corrected chi connectivity index (χ4v) is 4.49. The normalized spacial score (nSPS) is 20.4. The summed E-state index contributed by atoms with van der Waals surface area (Å²) < 4.78 is 11.6. The van der Waals surface area contributed by atoms with E-state index in [9.17, 15) is 19.7 Å². The molecule has 0 radical (unpaired) electrons. The Morgan fingerprint density at radius 3 is 2.77 bits per heavy atom. The highest BCUT2D eigenvalue weighted by atomic mass is 16.6. The lowest BCUT2D eigenvalue weighted by atomic mass is 9.97. The van der Waals surface area contributed by atoms with Gasteiger partial charge >= 0.3 is 0 Å². The molecule has 0 bridgehead atoms. The molecule has 2 unspecified atom stereocenters. The van der Waals surface area contributed by atoms with Crippen LogP contribution in [-0.4, -0.2) is 35.0 Å². The minimum atomic E-state index is -0.771. The zero-order valence-corrected chi connectivity index (χ0v) is 16.9. The Kier molecular flexibility index (Phi) is 4.59. The van der Waals surface area contributed by atoms with Gasteiger partial charge in [-0.25, -0.2) is 0 Å². The number of non-ortho nitro benzene ring substituents is 1. The molecule has 1 amide bonds. The maximum absolute atomic E-state index is 13.5. The summed E-state index contributed by atoms with van der Waals surface area (Å²) in [5, 5.41) is 11.7. The smallest absolute Gasteiger partial charge is 0.291 e. The van der Waals surface area contributed by atoms with Crippen LogP contribution in [0.15, 0.2) is 51.7 Å². The van der Waals surface area contributed by atoms with Crippen LogP contribution in [0.1, 0.15) is 46.1 Å². The van der Waals surface area contributed by atoms with Crippen LogP contribution in [0.3, 0.4) is 0 Å². The Hall–Kier alpha value is -3.52. The van der Waals surface area contributed by atoms with Gasteiger partial charge in [0.05, 0.1) is 28.0 Å². The van der Waals surface area contributed by atoms with Crippen LogP contribution < -0.4 is 5.43 Å². The Balaban J connectivity index is 1.72. The van der Waals surface area contributed by atoms with Crippen molar-refractivity contribution in [1.29, 1.82) is 0 Å². The van der Waals surface area contributed by atoms with Crippen molar-refractivity contribution >= 4 is 22.6 Å². The van der Waals surface area contributed by atoms with E-state index in [1.54, 1.807) is 29.2 Å². The molecule has 8 nitrogen and oxygen atoms in total. The van der Waals surface area contributed by atoms with Crippen molar-refractivity contribution in [2.24, 2.45) is 0 Å². The van der Waals surface area contributed by atoms with E-state index in [1.165, 1.54) is 12.1 Å². The van der Waals surface area contributed by atoms with Crippen molar-refractivity contribution in [2.75, 3.05) is 13.2 Å². The van der Waals surface area contributed by atoms with Crippen LogP contribution in [0.2, 0.25) is 0 Å². The van der Waals surface area contributed by atoms with Crippen LogP contribution >= 0.6 is 0 Å². The third-order valence-electron chi connectivity index (χ3n) is 5.94. The molecule has 0 saturated carbocycles. The second-order valence-corrected chi connectivity index (χ2v) is 8.02. The average molecular weight is 420 g/mol. The molecule has 1 saturated heterocycles. The van der Waals surface area contributed by atoms with Crippen molar-refractivity contribution in [3.8, 4) is 0 Å². The standard InChI is InChI=1S/C23H20N2O6/c1-13-7-8-18-17(10-13)21(26)19-20(14-4-2-5-15(11-14)25(28)29)24(23(27)22(19)31-18)12-16-6-3-9-30-16/h2,4-5,7-8,10-11,16,20H,3,6,9,12H2,1H3. The van der Waals surface area contributed by atoms with Crippen LogP contribution in [0.4, 0.5) is 5.69 Å². The van der Waals surface area contributed by atoms with Gasteiger partial charge in [0.1, 0.15) is 5.58 Å². The first-order chi connectivity index (χ1) is 14.9. The minimum Gasteiger partial charge on any atom is -0.450 e. The molecular weight excluding hydrogens is 400 g/mol. The van der Waals surface area contributed by atoms with Crippen molar-refractivity contribution in [3.05, 3.63) is 85.3 Å². The minimum absolute atomic E-state index is 0.00384. The predicted molar refractivity (Wildman–Crippen MR) is 112 cm³/mol. The Bertz CT molecular complexity index is 1270. The zero-order valence-electron chi connectivity index (χ0n) is 16.9. The summed E-state index contributed by atoms with van der Waals surface area (Å²) in [5.41, 5.74) is 1.57. The summed E-state index contributed by atoms with van der Waals surface area (Å²) in [4.78, 5) is 39.3. The summed E-state index contributed by atoms with van der Waals surface area (Å²) in [6.45, 7) is 2.78. The first kappa shape index (κ1) is 19.4. The highest BCUT2D eigenvalue weighted by Gasteiger charge is 2.44. The van der Waals surface area contributed by atoms with Crippen LogP contribution in [0.5, 0.6) is 0 Å². The SMILES string of the molecule is Cc1ccc2oc3c(c(=O)c2c1)C(c1cccc([N+](=O)[O-])c1)N(CC1CCCO1)C3=O. The van der Waals surface area contributed by atoms with Gasteiger partial charge in [-0.15, -0.1) is 0 Å². The van der Waals surface area contributed by atoms with Crippen LogP contribution in [0, 0.1) is 17.0 Å². The van der Waals surface area contributed by atoms with Crippen LogP contribution in [0.25, 0.3) is 11.0 Å². The van der Waals surface area contributed by atoms with Crippen molar-refractivity contribution in [1.82, 2.24) is 4.90 Å². The van der Waals surface area contributed by atoms with E-state index in [-0.39, 0.29) is 35.1 Å². The molecule has 2 atom stereocenters. The number of rotatable bonds is 4. The third kappa shape index (κ3) is 3.19. The number of fused-ring (bicyclic) bond motifs is 2. The molecule has 5 rings (SSSR count). The molecule has 0 aliphatic carbocycles. The number of nitro benzene ring substituents is 1. The largest absolute Gasteiger partial charge is 0.450 e. The van der Waals surface area contributed by atoms with Gasteiger partial charge in [-0.2, -0.15) is 0 Å². The maximum atomic E-state index is 13.5. The number of carbonyl (C=O) groups excluding carboxylic acids is 1. The molecule has 1 fully saturated rings. The highest BCUT2D eigenvalue weighted by Crippen LogP contribution is 2.39. The zero-order chi connectivity index (χ0) is 21.7. The average Bonchev–Trinajstić information content (AvgIpc) is 3.36. The summed E-state index contributed by atoms with van der Waals surface area (Å²) >= 11 is 0. The summed E-state index contributed by atoms with van der Waals surface area (Å²) in [6.07, 6.45) is 1.57. The second kappa shape index (κ2) is 7.31. The topological polar surface area (TPSA) is 103 Å². The number of ether oxygens (including phenoxy) is 1. The molecule has 158 valence electrons. The number of benzene rings is 2. The van der Waals surface area contributed by atoms with E-state index in [4.69, 9.17) is 9.15 Å². The van der Waals surface area contributed by atoms with Crippen molar-refractivity contribution in [2.45, 2.75) is 31.9 Å². The third-order valence-corrected chi connectivity index (χ3v) is 5.94. The number of nitrogens with zero attached hydrogens (tertiary/aromatic N) is 2. The molecule has 3 heterocycles. The predicted octanol–water partition coefficient (Wildman–Crippen LogP) is 3.73. The molecular formula is C23H20N2O6. The van der Waals surface area contributed by atoms with E-state index in [2.05, 4.69) is 0 Å². The summed E-state index contributed by atoms with van der Waals surface area (Å²) in [7, 11) is 0. The first-order valence-corrected chi connectivity index (χ1v) is 10.2. The fraction of sp³-hybridized carbons (Fsp3) is 0.304. The summed E-state index contributed by atoms with van der Waals surface area (Å²) in [5.74, 6) is -0.405. The highest BCUT2D eigenvalue weighted by molar-refractivity contribution is 5.99. The maximum Gasteiger partial charge on any atom is 0.291 e. The Morgan fingerprint density at radius 2 is 2.03 bits per heavy atom. The molecule has 2 aliphatic heterocycles. The molecule has 0 N–H and O–H groups in total. The second-order valence-electron chi connectivity index (χ2n) is 8.02. The summed E-state index contributed by atoms with van der Waals surface area (Å²) in [6, 6.07) is 10.5. The van der Waals surface area contributed by atoms with Gasteiger partial charge < -0.3 is 14.1 Å². The lowest BCUT2D eigenvalue weighted by Gasteiger charge is -2.27. The van der Waals surface area contributed by atoms with Gasteiger partial charge in [0.15, 0.2) is 5.43 Å². The molecule has 0 spiro atoms. The van der Waals surface area contributed by atoms with Crippen molar-refractivity contribution in [3.63, 3.8) is 0 Å². The van der Waals surface area contributed by atoms with E-state index in [0.717, 1.165) is 18.4 Å².